The highest BCUT2D eigenvalue weighted by atomic mass is 35.5. The molecule has 4 aliphatic rings. The maximum absolute atomic E-state index is 14.8. The summed E-state index contributed by atoms with van der Waals surface area (Å²) in [7, 11) is 1.73. The number of benzene rings is 2. The number of nitrogens with zero attached hydrogens (tertiary/aromatic N) is 6. The first-order valence-electron chi connectivity index (χ1n) is 17.9. The Morgan fingerprint density at radius 2 is 1.96 bits per heavy atom. The lowest BCUT2D eigenvalue weighted by molar-refractivity contribution is 0.0124. The van der Waals surface area contributed by atoms with Crippen LogP contribution in [0.4, 0.5) is 11.5 Å². The molecule has 12 nitrogen and oxygen atoms in total. The molecule has 8 rings (SSSR count). The zero-order valence-electron chi connectivity index (χ0n) is 29.7. The van der Waals surface area contributed by atoms with Crippen molar-refractivity contribution in [3.8, 4) is 5.75 Å². The fraction of sp³-hybridized carbons (Fsp3) is 0.474. The van der Waals surface area contributed by atoms with Gasteiger partial charge >= 0.3 is 0 Å². The van der Waals surface area contributed by atoms with Crippen molar-refractivity contribution in [2.24, 2.45) is 23.2 Å². The summed E-state index contributed by atoms with van der Waals surface area (Å²) >= 11 is 6.47. The number of rotatable bonds is 4. The Morgan fingerprint density at radius 3 is 2.77 bits per heavy atom. The van der Waals surface area contributed by atoms with Crippen molar-refractivity contribution < 1.29 is 23.2 Å². The van der Waals surface area contributed by atoms with Gasteiger partial charge in [-0.05, 0) is 91.8 Å². The first-order valence-corrected chi connectivity index (χ1v) is 20.0. The first-order chi connectivity index (χ1) is 25.2. The van der Waals surface area contributed by atoms with Crippen LogP contribution >= 0.6 is 11.6 Å². The number of carbonyl (C=O) groups is 1. The second-order valence-electron chi connectivity index (χ2n) is 14.5. The average Bonchev–Trinajstić information content (AvgIpc) is 3.44. The van der Waals surface area contributed by atoms with Crippen LogP contribution in [0.1, 0.15) is 53.6 Å². The van der Waals surface area contributed by atoms with Crippen molar-refractivity contribution in [1.29, 1.82) is 0 Å². The summed E-state index contributed by atoms with van der Waals surface area (Å²) in [5, 5.41) is 5.67. The van der Waals surface area contributed by atoms with Crippen LogP contribution in [0.3, 0.4) is 0 Å². The fourth-order valence-electron chi connectivity index (χ4n) is 8.47. The van der Waals surface area contributed by atoms with Crippen LogP contribution in [0.25, 0.3) is 11.0 Å². The molecule has 1 N–H and O–H groups in total. The van der Waals surface area contributed by atoms with Gasteiger partial charge in [0.25, 0.3) is 5.91 Å². The number of ether oxygens (including phenoxy) is 3. The van der Waals surface area contributed by atoms with Gasteiger partial charge in [0.1, 0.15) is 22.0 Å². The van der Waals surface area contributed by atoms with Crippen LogP contribution in [-0.4, -0.2) is 81.7 Å². The van der Waals surface area contributed by atoms with Crippen LogP contribution in [-0.2, 0) is 38.3 Å². The van der Waals surface area contributed by atoms with Gasteiger partial charge in [0, 0.05) is 56.6 Å². The molecule has 52 heavy (non-hydrogen) atoms. The van der Waals surface area contributed by atoms with E-state index in [-0.39, 0.29) is 29.2 Å². The SMILES string of the molecule is CO[C@H]1/C=C/[C@H](OC)CC[S@@](=O)(Nc2ncnc3nn(C)cc23)=NC(=O)c2ccc3c(c2)N(C[C@@H]2CC[C@H]21)C[C@@]1(CCCc2cc(Cl)ccc21)CO3. The number of hydrogen-bond acceptors (Lipinski definition) is 9. The molecule has 2 aliphatic heterocycles. The van der Waals surface area contributed by atoms with E-state index >= 15 is 0 Å². The fourth-order valence-corrected chi connectivity index (χ4v) is 10.3. The van der Waals surface area contributed by atoms with E-state index in [4.69, 9.17) is 25.8 Å². The van der Waals surface area contributed by atoms with Crippen molar-refractivity contribution in [3.63, 3.8) is 0 Å². The van der Waals surface area contributed by atoms with Crippen molar-refractivity contribution in [3.05, 3.63) is 82.8 Å². The molecule has 0 unspecified atom stereocenters. The van der Waals surface area contributed by atoms with Gasteiger partial charge in [-0.2, -0.15) is 5.10 Å². The third-order valence-electron chi connectivity index (χ3n) is 11.3. The van der Waals surface area contributed by atoms with E-state index in [2.05, 4.69) is 47.3 Å². The van der Waals surface area contributed by atoms with Gasteiger partial charge in [-0.3, -0.25) is 14.2 Å². The number of methoxy groups -OCH3 is 2. The molecule has 4 aromatic rings. The summed E-state index contributed by atoms with van der Waals surface area (Å²) in [6.45, 7) is 2.01. The molecular formula is C38H44ClN7O5S. The first kappa shape index (κ1) is 35.0. The maximum Gasteiger partial charge on any atom is 0.286 e. The number of anilines is 2. The largest absolute Gasteiger partial charge is 0.490 e. The highest BCUT2D eigenvalue weighted by Gasteiger charge is 2.44. The Morgan fingerprint density at radius 1 is 1.08 bits per heavy atom. The summed E-state index contributed by atoms with van der Waals surface area (Å²) in [5.41, 5.74) is 3.90. The summed E-state index contributed by atoms with van der Waals surface area (Å²) in [6.07, 6.45) is 12.1. The number of carbonyl (C=O) groups excluding carboxylic acids is 1. The lowest BCUT2D eigenvalue weighted by Crippen LogP contribution is -2.49. The molecule has 2 aromatic heterocycles. The number of amides is 1. The minimum atomic E-state index is -3.42. The number of halogens is 1. The molecule has 2 aromatic carbocycles. The Bertz CT molecular complexity index is 2170. The summed E-state index contributed by atoms with van der Waals surface area (Å²) < 4.78 is 42.4. The number of aromatic nitrogens is 4. The molecular weight excluding hydrogens is 702 g/mol. The molecule has 1 amide bonds. The third-order valence-corrected chi connectivity index (χ3v) is 13.3. The predicted molar refractivity (Wildman–Crippen MR) is 201 cm³/mol. The Balaban J connectivity index is 1.23. The van der Waals surface area contributed by atoms with E-state index < -0.39 is 15.8 Å². The molecule has 1 spiro atoms. The van der Waals surface area contributed by atoms with Crippen LogP contribution in [0.5, 0.6) is 5.75 Å². The van der Waals surface area contributed by atoms with Gasteiger partial charge in [0.2, 0.25) is 0 Å². The second kappa shape index (κ2) is 14.1. The van der Waals surface area contributed by atoms with Gasteiger partial charge in [0.05, 0.1) is 35.6 Å². The zero-order valence-corrected chi connectivity index (χ0v) is 31.2. The van der Waals surface area contributed by atoms with E-state index in [9.17, 15) is 9.00 Å². The molecule has 0 saturated heterocycles. The number of fused-ring (bicyclic) bond motifs is 5. The van der Waals surface area contributed by atoms with E-state index in [0.717, 1.165) is 61.7 Å². The maximum atomic E-state index is 14.8. The van der Waals surface area contributed by atoms with E-state index in [1.54, 1.807) is 38.2 Å². The van der Waals surface area contributed by atoms with Crippen molar-refractivity contribution in [1.82, 2.24) is 19.7 Å². The molecule has 1 fully saturated rings. The number of nitrogens with one attached hydrogen (secondary N) is 1. The smallest absolute Gasteiger partial charge is 0.286 e. The Hall–Kier alpha value is -4.04. The highest BCUT2D eigenvalue weighted by molar-refractivity contribution is 7.95. The van der Waals surface area contributed by atoms with Gasteiger partial charge in [-0.25, -0.2) is 14.2 Å². The molecule has 6 atom stereocenters. The molecule has 0 radical (unpaired) electrons. The van der Waals surface area contributed by atoms with Gasteiger partial charge in [-0.1, -0.05) is 29.8 Å². The monoisotopic (exact) mass is 745 g/mol. The van der Waals surface area contributed by atoms with Gasteiger partial charge < -0.3 is 19.1 Å². The highest BCUT2D eigenvalue weighted by Crippen LogP contribution is 2.47. The standard InChI is InChI=1S/C38H44ClN7O5S/c1-45-20-30-35(42-45)40-23-41-36(30)43-52(48)16-14-28(49-2)9-13-33(50-3)29-10-6-26(29)19-46-21-38(15-4-5-24-17-27(39)8-11-31(24)38)22-51-34-12-7-25(18-32(34)46)37(47)44-52/h7-9,11-13,17-18,20,23,26,28-29,33H,4-6,10,14-16,19,21-22H2,1-3H3,(H,40,41,42,43,44,47,48)/b13-9+/t26-,28-,29+,33-,38-,52+/m0/s1. The number of hydrogen-bond donors (Lipinski definition) is 1. The van der Waals surface area contributed by atoms with Crippen LogP contribution in [0.2, 0.25) is 5.02 Å². The van der Waals surface area contributed by atoms with Crippen LogP contribution < -0.4 is 14.4 Å². The summed E-state index contributed by atoms with van der Waals surface area (Å²) in [6, 6.07) is 11.7. The van der Waals surface area contributed by atoms with Crippen molar-refractivity contribution >= 4 is 50.0 Å². The quantitative estimate of drug-likeness (QED) is 0.245. The minimum absolute atomic E-state index is 0.0170. The molecule has 14 heteroatoms. The second-order valence-corrected chi connectivity index (χ2v) is 17.1. The average molecular weight is 746 g/mol. The van der Waals surface area contributed by atoms with Crippen molar-refractivity contribution in [2.75, 3.05) is 49.3 Å². The third kappa shape index (κ3) is 6.68. The van der Waals surface area contributed by atoms with Gasteiger partial charge in [-0.15, -0.1) is 4.36 Å². The topological polar surface area (TPSA) is 133 Å². The molecule has 274 valence electrons. The lowest BCUT2D eigenvalue weighted by Gasteiger charge is -2.46. The van der Waals surface area contributed by atoms with Crippen LogP contribution in [0, 0.1) is 11.8 Å². The summed E-state index contributed by atoms with van der Waals surface area (Å²) in [4.78, 5) is 25.1. The molecule has 1 saturated carbocycles. The molecule has 2 bridgehead atoms. The van der Waals surface area contributed by atoms with Crippen molar-refractivity contribution in [2.45, 2.75) is 56.1 Å². The predicted octanol–water partition coefficient (Wildman–Crippen LogP) is 6.14. The lowest BCUT2D eigenvalue weighted by atomic mass is 9.68. The minimum Gasteiger partial charge on any atom is -0.490 e. The Kier molecular flexibility index (Phi) is 9.48. The Labute approximate surface area is 309 Å². The van der Waals surface area contributed by atoms with Crippen LogP contribution in [0.15, 0.2) is 65.4 Å². The normalized spacial score (nSPS) is 29.6. The van der Waals surface area contributed by atoms with Gasteiger partial charge in [0.15, 0.2) is 11.5 Å². The molecule has 4 heterocycles. The van der Waals surface area contributed by atoms with E-state index in [1.165, 1.54) is 17.5 Å². The molecule has 2 aliphatic carbocycles. The zero-order chi connectivity index (χ0) is 36.0. The van der Waals surface area contributed by atoms with E-state index in [0.29, 0.717) is 41.5 Å². The number of aryl methyl sites for hydroxylation is 2. The summed E-state index contributed by atoms with van der Waals surface area (Å²) in [5.74, 6) is 1.10. The van der Waals surface area contributed by atoms with E-state index in [1.807, 2.05) is 24.3 Å².